The molecule has 3 atom stereocenters. The van der Waals surface area contributed by atoms with Gasteiger partial charge in [0, 0.05) is 30.3 Å². The highest BCUT2D eigenvalue weighted by atomic mass is 19.1. The van der Waals surface area contributed by atoms with E-state index in [1.54, 1.807) is 6.07 Å². The molecule has 29 heavy (non-hydrogen) atoms. The van der Waals surface area contributed by atoms with Crippen molar-refractivity contribution in [1.29, 1.82) is 0 Å². The molecule has 154 valence electrons. The molecule has 0 aromatic carbocycles. The Kier molecular flexibility index (Phi) is 5.32. The Balaban J connectivity index is 1.60. The molecule has 0 spiro atoms. The Bertz CT molecular complexity index is 917. The van der Waals surface area contributed by atoms with Gasteiger partial charge < -0.3 is 20.7 Å². The van der Waals surface area contributed by atoms with Gasteiger partial charge in [0.1, 0.15) is 11.8 Å². The Labute approximate surface area is 166 Å². The van der Waals surface area contributed by atoms with Crippen LogP contribution in [-0.4, -0.2) is 45.9 Å². The quantitative estimate of drug-likeness (QED) is 0.537. The number of carbonyl (C=O) groups excluding carboxylic acids is 2. The predicted octanol–water partition coefficient (Wildman–Crippen LogP) is 2.57. The first-order valence-corrected chi connectivity index (χ1v) is 9.72. The molecule has 9 nitrogen and oxygen atoms in total. The van der Waals surface area contributed by atoms with Crippen LogP contribution in [0.3, 0.4) is 0 Å². The summed E-state index contributed by atoms with van der Waals surface area (Å²) in [4.78, 5) is 28.5. The number of rotatable bonds is 0. The number of alkyl carbamates (subject to hydrolysis) is 1. The molecule has 0 radical (unpaired) electrons. The number of H-pyrrole nitrogens is 1. The summed E-state index contributed by atoms with van der Waals surface area (Å²) in [6.45, 7) is 2.18. The highest BCUT2D eigenvalue weighted by Crippen LogP contribution is 2.36. The van der Waals surface area contributed by atoms with E-state index in [1.165, 1.54) is 12.1 Å². The Hall–Kier alpha value is -3.17. The number of aromatic amines is 1. The molecule has 0 saturated heterocycles. The number of nitrogens with zero attached hydrogens (tertiary/aromatic N) is 2. The molecule has 0 unspecified atom stereocenters. The molecule has 4 rings (SSSR count). The van der Waals surface area contributed by atoms with Crippen molar-refractivity contribution in [3.8, 4) is 0 Å². The summed E-state index contributed by atoms with van der Waals surface area (Å²) < 4.78 is 19.7. The van der Waals surface area contributed by atoms with E-state index in [4.69, 9.17) is 4.74 Å². The molecule has 1 aliphatic carbocycles. The van der Waals surface area contributed by atoms with Gasteiger partial charge in [0.25, 0.3) is 5.91 Å². The zero-order valence-corrected chi connectivity index (χ0v) is 16.0. The van der Waals surface area contributed by atoms with Crippen LogP contribution in [0, 0.1) is 5.82 Å². The van der Waals surface area contributed by atoms with Gasteiger partial charge in [0.15, 0.2) is 17.5 Å². The van der Waals surface area contributed by atoms with Gasteiger partial charge in [-0.1, -0.05) is 0 Å². The number of ether oxygens (including phenoxy) is 1. The maximum absolute atomic E-state index is 14.2. The second kappa shape index (κ2) is 8.06. The second-order valence-corrected chi connectivity index (χ2v) is 7.49. The first-order valence-electron chi connectivity index (χ1n) is 9.72. The van der Waals surface area contributed by atoms with E-state index in [0.717, 1.165) is 18.5 Å². The fraction of sp³-hybridized carbons (Fsp3) is 0.474. The first-order chi connectivity index (χ1) is 14.0. The summed E-state index contributed by atoms with van der Waals surface area (Å²) in [5.41, 5.74) is 0.965. The average molecular weight is 402 g/mol. The summed E-state index contributed by atoms with van der Waals surface area (Å²) in [6, 6.07) is 4.09. The van der Waals surface area contributed by atoms with Crippen molar-refractivity contribution in [1.82, 2.24) is 25.8 Å². The lowest BCUT2D eigenvalue weighted by Crippen LogP contribution is -2.37. The number of carbonyl (C=O) groups is 2. The SMILES string of the molecule is C[C@H]1CCNC(=O)O[C@@H]2CC[C@@H](C2)c2cc(n[nH]2)Nc2nc(ccc2F)C(=O)N1. The van der Waals surface area contributed by atoms with E-state index < -0.39 is 17.8 Å². The van der Waals surface area contributed by atoms with Gasteiger partial charge in [-0.15, -0.1) is 0 Å². The molecular weight excluding hydrogens is 379 g/mol. The first kappa shape index (κ1) is 19.2. The highest BCUT2D eigenvalue weighted by Gasteiger charge is 2.30. The monoisotopic (exact) mass is 402 g/mol. The van der Waals surface area contributed by atoms with Gasteiger partial charge in [-0.25, -0.2) is 14.2 Å². The van der Waals surface area contributed by atoms with Crippen molar-refractivity contribution in [3.05, 3.63) is 35.4 Å². The maximum Gasteiger partial charge on any atom is 0.407 e. The molecule has 2 aromatic rings. The van der Waals surface area contributed by atoms with Crippen LogP contribution >= 0.6 is 0 Å². The lowest BCUT2D eigenvalue weighted by molar-refractivity contribution is 0.0932. The molecule has 3 heterocycles. The van der Waals surface area contributed by atoms with Gasteiger partial charge in [0.05, 0.1) is 0 Å². The number of nitrogens with one attached hydrogen (secondary N) is 4. The Morgan fingerprint density at radius 1 is 1.21 bits per heavy atom. The van der Waals surface area contributed by atoms with Crippen molar-refractivity contribution in [2.24, 2.45) is 0 Å². The summed E-state index contributed by atoms with van der Waals surface area (Å²) in [5.74, 6) is -0.495. The molecule has 2 aliphatic rings. The van der Waals surface area contributed by atoms with Crippen LogP contribution in [0.4, 0.5) is 20.8 Å². The molecule has 4 N–H and O–H groups in total. The highest BCUT2D eigenvalue weighted by molar-refractivity contribution is 5.92. The predicted molar refractivity (Wildman–Crippen MR) is 102 cm³/mol. The number of hydrogen-bond donors (Lipinski definition) is 4. The van der Waals surface area contributed by atoms with E-state index >= 15 is 0 Å². The van der Waals surface area contributed by atoms with Crippen molar-refractivity contribution < 1.29 is 18.7 Å². The Morgan fingerprint density at radius 2 is 2.07 bits per heavy atom. The minimum Gasteiger partial charge on any atom is -0.446 e. The van der Waals surface area contributed by atoms with Gasteiger partial charge in [-0.3, -0.25) is 9.89 Å². The van der Waals surface area contributed by atoms with E-state index in [1.807, 2.05) is 6.92 Å². The third-order valence-corrected chi connectivity index (χ3v) is 5.25. The fourth-order valence-electron chi connectivity index (χ4n) is 3.67. The number of anilines is 2. The number of amides is 2. The lowest BCUT2D eigenvalue weighted by atomic mass is 10.0. The van der Waals surface area contributed by atoms with Crippen molar-refractivity contribution in [3.63, 3.8) is 0 Å². The number of hydrogen-bond acceptors (Lipinski definition) is 6. The van der Waals surface area contributed by atoms with Gasteiger partial charge in [-0.05, 0) is 44.7 Å². The molecule has 1 aliphatic heterocycles. The van der Waals surface area contributed by atoms with Crippen LogP contribution in [0.15, 0.2) is 18.2 Å². The van der Waals surface area contributed by atoms with Crippen molar-refractivity contribution in [2.75, 3.05) is 11.9 Å². The van der Waals surface area contributed by atoms with Gasteiger partial charge in [0.2, 0.25) is 0 Å². The fourth-order valence-corrected chi connectivity index (χ4v) is 3.67. The van der Waals surface area contributed by atoms with E-state index in [-0.39, 0.29) is 29.6 Å². The zero-order valence-electron chi connectivity index (χ0n) is 16.0. The smallest absolute Gasteiger partial charge is 0.407 e. The van der Waals surface area contributed by atoms with Crippen LogP contribution < -0.4 is 16.0 Å². The van der Waals surface area contributed by atoms with Crippen LogP contribution in [0.1, 0.15) is 54.7 Å². The summed E-state index contributed by atoms with van der Waals surface area (Å²) in [5, 5.41) is 15.5. The molecule has 10 heteroatoms. The molecule has 2 aromatic heterocycles. The molecule has 6 bridgehead atoms. The zero-order chi connectivity index (χ0) is 20.4. The van der Waals surface area contributed by atoms with Gasteiger partial charge >= 0.3 is 6.09 Å². The normalized spacial score (nSPS) is 25.1. The average Bonchev–Trinajstić information content (AvgIpc) is 3.32. The van der Waals surface area contributed by atoms with E-state index in [9.17, 15) is 14.0 Å². The van der Waals surface area contributed by atoms with E-state index in [2.05, 4.69) is 31.1 Å². The Morgan fingerprint density at radius 3 is 2.93 bits per heavy atom. The minimum atomic E-state index is -0.578. The van der Waals surface area contributed by atoms with Crippen LogP contribution in [0.25, 0.3) is 0 Å². The lowest BCUT2D eigenvalue weighted by Gasteiger charge is -2.16. The van der Waals surface area contributed by atoms with Crippen LogP contribution in [0.2, 0.25) is 0 Å². The maximum atomic E-state index is 14.2. The number of fused-ring (bicyclic) bond motifs is 7. The minimum absolute atomic E-state index is 0.0654. The summed E-state index contributed by atoms with van der Waals surface area (Å²) in [6.07, 6.45) is 2.23. The standard InChI is InChI=1S/C19H23FN6O3/c1-10-6-7-21-19(28)29-12-3-2-11(8-12)15-9-16(26-25-15)24-17-13(20)4-5-14(23-17)18(27)22-10/h4-5,9-12H,2-3,6-8H2,1H3,(H,21,28)(H,22,27)(H2,23,24,25,26)/t10-,11-,12+/m0/s1. The van der Waals surface area contributed by atoms with E-state index in [0.29, 0.717) is 25.2 Å². The topological polar surface area (TPSA) is 121 Å². The molecule has 2 amide bonds. The third-order valence-electron chi connectivity index (χ3n) is 5.25. The molecule has 1 saturated carbocycles. The molecule has 1 fully saturated rings. The van der Waals surface area contributed by atoms with Crippen LogP contribution in [-0.2, 0) is 4.74 Å². The second-order valence-electron chi connectivity index (χ2n) is 7.49. The summed E-state index contributed by atoms with van der Waals surface area (Å²) >= 11 is 0. The number of halogens is 1. The summed E-state index contributed by atoms with van der Waals surface area (Å²) in [7, 11) is 0. The van der Waals surface area contributed by atoms with Crippen LogP contribution in [0.5, 0.6) is 0 Å². The van der Waals surface area contributed by atoms with Crippen molar-refractivity contribution >= 4 is 23.6 Å². The number of aromatic nitrogens is 3. The van der Waals surface area contributed by atoms with Gasteiger partial charge in [-0.2, -0.15) is 5.10 Å². The number of pyridine rings is 1. The molecular formula is C19H23FN6O3. The largest absolute Gasteiger partial charge is 0.446 e. The third kappa shape index (κ3) is 4.47. The van der Waals surface area contributed by atoms with Crippen molar-refractivity contribution in [2.45, 2.75) is 50.7 Å².